The third-order valence-corrected chi connectivity index (χ3v) is 4.54. The van der Waals surface area contributed by atoms with Crippen molar-refractivity contribution in [3.05, 3.63) is 102 Å². The van der Waals surface area contributed by atoms with Gasteiger partial charge >= 0.3 is 0 Å². The van der Waals surface area contributed by atoms with Crippen LogP contribution in [0.25, 0.3) is 0 Å². The molecular weight excluding hydrogens is 322 g/mol. The minimum atomic E-state index is 0.0246. The van der Waals surface area contributed by atoms with Gasteiger partial charge in [0.1, 0.15) is 5.75 Å². The summed E-state index contributed by atoms with van der Waals surface area (Å²) in [6.45, 7) is 0.476. The Morgan fingerprint density at radius 1 is 0.885 bits per heavy atom. The molecule has 3 nitrogen and oxygen atoms in total. The maximum atomic E-state index is 12.9. The lowest BCUT2D eigenvalue weighted by Crippen LogP contribution is -2.27. The van der Waals surface area contributed by atoms with Gasteiger partial charge in [-0.2, -0.15) is 0 Å². The van der Waals surface area contributed by atoms with E-state index in [2.05, 4.69) is 24.3 Å². The molecule has 0 aliphatic heterocycles. The van der Waals surface area contributed by atoms with E-state index in [0.29, 0.717) is 13.0 Å². The van der Waals surface area contributed by atoms with E-state index in [1.165, 1.54) is 0 Å². The predicted molar refractivity (Wildman–Crippen MR) is 104 cm³/mol. The number of phenols is 1. The number of nitrogens with zero attached hydrogens (tertiary/aromatic N) is 1. The molecule has 1 N–H and O–H groups in total. The Balaban J connectivity index is 1.77. The molecule has 1 amide bonds. The number of aromatic hydroxyl groups is 1. The first-order chi connectivity index (χ1) is 12.6. The van der Waals surface area contributed by atoms with Crippen molar-refractivity contribution < 1.29 is 9.90 Å². The molecular formula is C23H23NO2. The van der Waals surface area contributed by atoms with Crippen LogP contribution in [0.3, 0.4) is 0 Å². The zero-order chi connectivity index (χ0) is 18.4. The van der Waals surface area contributed by atoms with Gasteiger partial charge in [0.2, 0.25) is 5.91 Å². The lowest BCUT2D eigenvalue weighted by atomic mass is 9.88. The smallest absolute Gasteiger partial charge is 0.223 e. The minimum absolute atomic E-state index is 0.0246. The fourth-order valence-electron chi connectivity index (χ4n) is 3.15. The number of hydrogen-bond donors (Lipinski definition) is 1. The number of amides is 1. The summed E-state index contributed by atoms with van der Waals surface area (Å²) in [5.74, 6) is 0.317. The Hall–Kier alpha value is -3.07. The summed E-state index contributed by atoms with van der Waals surface area (Å²) in [7, 11) is 1.80. The molecule has 3 aromatic rings. The van der Waals surface area contributed by atoms with Crippen LogP contribution in [0.15, 0.2) is 84.9 Å². The minimum Gasteiger partial charge on any atom is -0.508 e. The van der Waals surface area contributed by atoms with Gasteiger partial charge in [-0.15, -0.1) is 0 Å². The highest BCUT2D eigenvalue weighted by atomic mass is 16.3. The fraction of sp³-hybridized carbons (Fsp3) is 0.174. The monoisotopic (exact) mass is 345 g/mol. The van der Waals surface area contributed by atoms with Gasteiger partial charge in [-0.1, -0.05) is 72.8 Å². The number of rotatable bonds is 6. The number of phenolic OH excluding ortho intramolecular Hbond substituents is 1. The molecule has 0 radical (unpaired) electrons. The van der Waals surface area contributed by atoms with E-state index in [1.54, 1.807) is 30.1 Å². The predicted octanol–water partition coefficient (Wildman–Crippen LogP) is 4.57. The van der Waals surface area contributed by atoms with E-state index < -0.39 is 0 Å². The van der Waals surface area contributed by atoms with Gasteiger partial charge < -0.3 is 10.0 Å². The highest BCUT2D eigenvalue weighted by molar-refractivity contribution is 5.77. The first-order valence-electron chi connectivity index (χ1n) is 8.75. The van der Waals surface area contributed by atoms with Crippen LogP contribution in [0.1, 0.15) is 29.0 Å². The summed E-state index contributed by atoms with van der Waals surface area (Å²) in [4.78, 5) is 14.6. The second kappa shape index (κ2) is 8.34. The first kappa shape index (κ1) is 17.7. The summed E-state index contributed by atoms with van der Waals surface area (Å²) < 4.78 is 0. The Morgan fingerprint density at radius 3 is 2.00 bits per heavy atom. The Kier molecular flexibility index (Phi) is 5.69. The summed E-state index contributed by atoms with van der Waals surface area (Å²) in [5, 5.41) is 9.60. The third kappa shape index (κ3) is 4.51. The van der Waals surface area contributed by atoms with Crippen molar-refractivity contribution in [1.29, 1.82) is 0 Å². The molecule has 0 aliphatic carbocycles. The molecule has 0 saturated carbocycles. The lowest BCUT2D eigenvalue weighted by molar-refractivity contribution is -0.130. The van der Waals surface area contributed by atoms with Crippen LogP contribution in [0, 0.1) is 0 Å². The van der Waals surface area contributed by atoms with E-state index in [4.69, 9.17) is 0 Å². The van der Waals surface area contributed by atoms with Crippen molar-refractivity contribution in [1.82, 2.24) is 4.90 Å². The maximum Gasteiger partial charge on any atom is 0.223 e. The Morgan fingerprint density at radius 2 is 1.46 bits per heavy atom. The Bertz CT molecular complexity index is 807. The van der Waals surface area contributed by atoms with Gasteiger partial charge in [-0.05, 0) is 28.8 Å². The maximum absolute atomic E-state index is 12.9. The highest BCUT2D eigenvalue weighted by Crippen LogP contribution is 2.28. The van der Waals surface area contributed by atoms with E-state index in [9.17, 15) is 9.90 Å². The second-order valence-corrected chi connectivity index (χ2v) is 6.50. The van der Waals surface area contributed by atoms with Crippen LogP contribution in [0.5, 0.6) is 5.75 Å². The number of carbonyl (C=O) groups is 1. The summed E-state index contributed by atoms with van der Waals surface area (Å²) in [5.41, 5.74) is 3.19. The van der Waals surface area contributed by atoms with E-state index in [1.807, 2.05) is 42.5 Å². The van der Waals surface area contributed by atoms with Crippen LogP contribution in [0.4, 0.5) is 0 Å². The van der Waals surface area contributed by atoms with Gasteiger partial charge in [0.05, 0.1) is 0 Å². The normalized spacial score (nSPS) is 10.7. The van der Waals surface area contributed by atoms with Crippen molar-refractivity contribution in [3.8, 4) is 5.75 Å². The summed E-state index contributed by atoms with van der Waals surface area (Å²) in [6.07, 6.45) is 0.406. The van der Waals surface area contributed by atoms with E-state index >= 15 is 0 Å². The largest absolute Gasteiger partial charge is 0.508 e. The van der Waals surface area contributed by atoms with Crippen LogP contribution < -0.4 is 0 Å². The standard InChI is InChI=1S/C23H23NO2/c1-24(17-18-9-8-14-21(25)15-18)23(26)16-22(19-10-4-2-5-11-19)20-12-6-3-7-13-20/h2-15,22,25H,16-17H2,1H3. The fourth-order valence-corrected chi connectivity index (χ4v) is 3.15. The lowest BCUT2D eigenvalue weighted by Gasteiger charge is -2.22. The van der Waals surface area contributed by atoms with Crippen molar-refractivity contribution in [3.63, 3.8) is 0 Å². The zero-order valence-electron chi connectivity index (χ0n) is 14.9. The summed E-state index contributed by atoms with van der Waals surface area (Å²) >= 11 is 0. The molecule has 0 bridgehead atoms. The number of hydrogen-bond acceptors (Lipinski definition) is 2. The third-order valence-electron chi connectivity index (χ3n) is 4.54. The molecule has 26 heavy (non-hydrogen) atoms. The number of benzene rings is 3. The molecule has 0 saturated heterocycles. The Labute approximate surface area is 154 Å². The van der Waals surface area contributed by atoms with Crippen molar-refractivity contribution in [2.75, 3.05) is 7.05 Å². The average Bonchev–Trinajstić information content (AvgIpc) is 2.67. The van der Waals surface area contributed by atoms with Gasteiger partial charge in [0.15, 0.2) is 0 Å². The first-order valence-corrected chi connectivity index (χ1v) is 8.75. The van der Waals surface area contributed by atoms with Gasteiger partial charge in [0.25, 0.3) is 0 Å². The average molecular weight is 345 g/mol. The molecule has 0 aliphatic rings. The number of carbonyl (C=O) groups excluding carboxylic acids is 1. The molecule has 0 unspecified atom stereocenters. The van der Waals surface area contributed by atoms with Crippen LogP contribution in [-0.4, -0.2) is 23.0 Å². The molecule has 132 valence electrons. The molecule has 3 rings (SSSR count). The van der Waals surface area contributed by atoms with Crippen molar-refractivity contribution >= 4 is 5.91 Å². The van der Waals surface area contributed by atoms with Gasteiger partial charge in [0, 0.05) is 25.9 Å². The zero-order valence-corrected chi connectivity index (χ0v) is 14.9. The molecule has 0 fully saturated rings. The summed E-state index contributed by atoms with van der Waals surface area (Å²) in [6, 6.07) is 27.3. The van der Waals surface area contributed by atoms with E-state index in [-0.39, 0.29) is 17.6 Å². The molecule has 0 spiro atoms. The van der Waals surface area contributed by atoms with Gasteiger partial charge in [-0.25, -0.2) is 0 Å². The molecule has 3 aromatic carbocycles. The van der Waals surface area contributed by atoms with Crippen LogP contribution in [0.2, 0.25) is 0 Å². The van der Waals surface area contributed by atoms with E-state index in [0.717, 1.165) is 16.7 Å². The topological polar surface area (TPSA) is 40.5 Å². The molecule has 0 atom stereocenters. The second-order valence-electron chi connectivity index (χ2n) is 6.50. The molecule has 0 heterocycles. The van der Waals surface area contributed by atoms with Gasteiger partial charge in [-0.3, -0.25) is 4.79 Å². The van der Waals surface area contributed by atoms with Crippen molar-refractivity contribution in [2.24, 2.45) is 0 Å². The quantitative estimate of drug-likeness (QED) is 0.711. The SMILES string of the molecule is CN(Cc1cccc(O)c1)C(=O)CC(c1ccccc1)c1ccccc1. The molecule has 3 heteroatoms. The van der Waals surface area contributed by atoms with Crippen LogP contribution in [-0.2, 0) is 11.3 Å². The van der Waals surface area contributed by atoms with Crippen molar-refractivity contribution in [2.45, 2.75) is 18.9 Å². The van der Waals surface area contributed by atoms with Crippen LogP contribution >= 0.6 is 0 Å². The highest BCUT2D eigenvalue weighted by Gasteiger charge is 2.20. The molecule has 0 aromatic heterocycles.